The minimum Gasteiger partial charge on any atom is -0.381 e. The highest BCUT2D eigenvalue weighted by Crippen LogP contribution is 2.46. The van der Waals surface area contributed by atoms with E-state index in [2.05, 4.69) is 9.97 Å². The smallest absolute Gasteiger partial charge is 0.274 e. The summed E-state index contributed by atoms with van der Waals surface area (Å²) in [5.41, 5.74) is 0.429. The molecule has 0 saturated carbocycles. The van der Waals surface area contributed by atoms with E-state index in [4.69, 9.17) is 4.74 Å². The first-order valence-electron chi connectivity index (χ1n) is 5.94. The minimum absolute atomic E-state index is 0.0183. The van der Waals surface area contributed by atoms with E-state index < -0.39 is 0 Å². The SMILES string of the molecule is COC1CSC2(C1)CN(C(=O)c1cnccn1)C2. The van der Waals surface area contributed by atoms with Crippen molar-refractivity contribution < 1.29 is 9.53 Å². The number of thioether (sulfide) groups is 1. The fraction of sp³-hybridized carbons (Fsp3) is 0.583. The Morgan fingerprint density at radius 2 is 2.39 bits per heavy atom. The lowest BCUT2D eigenvalue weighted by molar-refractivity contribution is 0.0446. The van der Waals surface area contributed by atoms with Crippen LogP contribution in [0.3, 0.4) is 0 Å². The third-order valence-electron chi connectivity index (χ3n) is 3.54. The van der Waals surface area contributed by atoms with Gasteiger partial charge >= 0.3 is 0 Å². The molecule has 5 nitrogen and oxygen atoms in total. The quantitative estimate of drug-likeness (QED) is 0.792. The molecule has 2 aliphatic heterocycles. The molecule has 6 heteroatoms. The van der Waals surface area contributed by atoms with Crippen LogP contribution in [0.15, 0.2) is 18.6 Å². The van der Waals surface area contributed by atoms with Crippen molar-refractivity contribution in [1.82, 2.24) is 14.9 Å². The maximum absolute atomic E-state index is 12.1. The second kappa shape index (κ2) is 4.51. The van der Waals surface area contributed by atoms with Crippen LogP contribution < -0.4 is 0 Å². The summed E-state index contributed by atoms with van der Waals surface area (Å²) >= 11 is 1.93. The van der Waals surface area contributed by atoms with Gasteiger partial charge in [0.2, 0.25) is 0 Å². The summed E-state index contributed by atoms with van der Waals surface area (Å²) in [5.74, 6) is 1.01. The normalized spacial score (nSPS) is 25.2. The highest BCUT2D eigenvalue weighted by Gasteiger charge is 2.50. The van der Waals surface area contributed by atoms with Gasteiger partial charge in [-0.1, -0.05) is 0 Å². The molecule has 18 heavy (non-hydrogen) atoms. The topological polar surface area (TPSA) is 55.3 Å². The van der Waals surface area contributed by atoms with Gasteiger partial charge in [0.05, 0.1) is 17.0 Å². The van der Waals surface area contributed by atoms with E-state index in [0.717, 1.165) is 25.3 Å². The summed E-state index contributed by atoms with van der Waals surface area (Å²) in [6, 6.07) is 0. The van der Waals surface area contributed by atoms with Crippen molar-refractivity contribution in [3.63, 3.8) is 0 Å². The Morgan fingerprint density at radius 3 is 3.00 bits per heavy atom. The van der Waals surface area contributed by atoms with Crippen molar-refractivity contribution in [2.45, 2.75) is 17.3 Å². The van der Waals surface area contributed by atoms with Crippen LogP contribution in [-0.2, 0) is 4.74 Å². The van der Waals surface area contributed by atoms with Crippen molar-refractivity contribution >= 4 is 17.7 Å². The van der Waals surface area contributed by atoms with Gasteiger partial charge < -0.3 is 9.64 Å². The van der Waals surface area contributed by atoms with E-state index in [0.29, 0.717) is 11.8 Å². The number of nitrogens with zero attached hydrogens (tertiary/aromatic N) is 3. The summed E-state index contributed by atoms with van der Waals surface area (Å²) in [5, 5.41) is 0. The van der Waals surface area contributed by atoms with Crippen LogP contribution in [0.5, 0.6) is 0 Å². The number of carbonyl (C=O) groups excluding carboxylic acids is 1. The number of ether oxygens (including phenoxy) is 1. The van der Waals surface area contributed by atoms with Gasteiger partial charge in [-0.15, -0.1) is 11.8 Å². The van der Waals surface area contributed by atoms with Gasteiger partial charge in [-0.25, -0.2) is 4.98 Å². The number of likely N-dealkylation sites (tertiary alicyclic amines) is 1. The van der Waals surface area contributed by atoms with Crippen molar-refractivity contribution in [1.29, 1.82) is 0 Å². The Labute approximate surface area is 110 Å². The molecular weight excluding hydrogens is 250 g/mol. The fourth-order valence-electron chi connectivity index (χ4n) is 2.54. The molecular formula is C12H15N3O2S. The molecule has 0 aromatic carbocycles. The molecule has 0 bridgehead atoms. The van der Waals surface area contributed by atoms with Gasteiger partial charge in [0.1, 0.15) is 5.69 Å². The van der Waals surface area contributed by atoms with Crippen molar-refractivity contribution in [3.8, 4) is 0 Å². The lowest BCUT2D eigenvalue weighted by atomic mass is 9.92. The summed E-state index contributed by atoms with van der Waals surface area (Å²) in [6.07, 6.45) is 6.02. The average Bonchev–Trinajstić information content (AvgIpc) is 2.82. The van der Waals surface area contributed by atoms with Crippen LogP contribution in [0.4, 0.5) is 0 Å². The zero-order valence-corrected chi connectivity index (χ0v) is 11.0. The van der Waals surface area contributed by atoms with E-state index in [1.807, 2.05) is 16.7 Å². The lowest BCUT2D eigenvalue weighted by Crippen LogP contribution is -2.60. The van der Waals surface area contributed by atoms with Crippen molar-refractivity contribution in [2.75, 3.05) is 26.0 Å². The highest BCUT2D eigenvalue weighted by molar-refractivity contribution is 8.01. The van der Waals surface area contributed by atoms with E-state index in [1.54, 1.807) is 19.5 Å². The first kappa shape index (κ1) is 11.9. The fourth-order valence-corrected chi connectivity index (χ4v) is 4.13. The van der Waals surface area contributed by atoms with Gasteiger partial charge in [-0.2, -0.15) is 0 Å². The van der Waals surface area contributed by atoms with Crippen LogP contribution in [0.2, 0.25) is 0 Å². The monoisotopic (exact) mass is 265 g/mol. The Hall–Kier alpha value is -1.14. The molecule has 0 aliphatic carbocycles. The first-order valence-corrected chi connectivity index (χ1v) is 6.93. The molecule has 1 spiro atoms. The van der Waals surface area contributed by atoms with Gasteiger partial charge in [0, 0.05) is 38.3 Å². The molecule has 2 fully saturated rings. The number of hydrogen-bond donors (Lipinski definition) is 0. The van der Waals surface area contributed by atoms with E-state index >= 15 is 0 Å². The maximum atomic E-state index is 12.1. The average molecular weight is 265 g/mol. The number of aromatic nitrogens is 2. The molecule has 1 atom stereocenters. The number of hydrogen-bond acceptors (Lipinski definition) is 5. The Bertz CT molecular complexity index is 448. The Balaban J connectivity index is 1.61. The summed E-state index contributed by atoms with van der Waals surface area (Å²) in [7, 11) is 1.76. The van der Waals surface area contributed by atoms with Crippen LogP contribution >= 0.6 is 11.8 Å². The number of methoxy groups -OCH3 is 1. The van der Waals surface area contributed by atoms with Gasteiger partial charge in [0.15, 0.2) is 0 Å². The predicted molar refractivity (Wildman–Crippen MR) is 68.5 cm³/mol. The third-order valence-corrected chi connectivity index (χ3v) is 5.11. The van der Waals surface area contributed by atoms with Crippen LogP contribution in [0.1, 0.15) is 16.9 Å². The largest absolute Gasteiger partial charge is 0.381 e. The van der Waals surface area contributed by atoms with E-state index in [-0.39, 0.29) is 10.7 Å². The molecule has 2 saturated heterocycles. The predicted octanol–water partition coefficient (Wildman–Crippen LogP) is 0.823. The van der Waals surface area contributed by atoms with E-state index in [1.165, 1.54) is 6.20 Å². The molecule has 0 N–H and O–H groups in total. The van der Waals surface area contributed by atoms with Crippen LogP contribution in [0.25, 0.3) is 0 Å². The number of carbonyl (C=O) groups is 1. The molecule has 1 aromatic heterocycles. The molecule has 1 unspecified atom stereocenters. The first-order chi connectivity index (χ1) is 8.72. The molecule has 2 aliphatic rings. The second-order valence-corrected chi connectivity index (χ2v) is 6.30. The lowest BCUT2D eigenvalue weighted by Gasteiger charge is -2.47. The number of amides is 1. The zero-order valence-electron chi connectivity index (χ0n) is 10.2. The molecule has 1 aromatic rings. The number of rotatable bonds is 2. The van der Waals surface area contributed by atoms with Gasteiger partial charge in [0.25, 0.3) is 5.91 Å². The molecule has 0 radical (unpaired) electrons. The second-order valence-electron chi connectivity index (χ2n) is 4.81. The minimum atomic E-state index is -0.0183. The summed E-state index contributed by atoms with van der Waals surface area (Å²) in [6.45, 7) is 1.60. The van der Waals surface area contributed by atoms with Crippen LogP contribution in [0, 0.1) is 0 Å². The molecule has 1 amide bonds. The standard InChI is InChI=1S/C12H15N3O2S/c1-17-9-4-12(18-6-9)7-15(8-12)11(16)10-5-13-2-3-14-10/h2-3,5,9H,4,6-8H2,1H3. The van der Waals surface area contributed by atoms with Gasteiger partial charge in [-0.3, -0.25) is 9.78 Å². The molecule has 96 valence electrons. The summed E-state index contributed by atoms with van der Waals surface area (Å²) < 4.78 is 5.60. The third kappa shape index (κ3) is 1.99. The Kier molecular flexibility index (Phi) is 2.99. The highest BCUT2D eigenvalue weighted by atomic mass is 32.2. The summed E-state index contributed by atoms with van der Waals surface area (Å²) in [4.78, 5) is 21.9. The van der Waals surface area contributed by atoms with Crippen molar-refractivity contribution in [3.05, 3.63) is 24.3 Å². The zero-order chi connectivity index (χ0) is 12.6. The maximum Gasteiger partial charge on any atom is 0.274 e. The van der Waals surface area contributed by atoms with Crippen LogP contribution in [-0.4, -0.2) is 57.6 Å². The van der Waals surface area contributed by atoms with Crippen molar-refractivity contribution in [2.24, 2.45) is 0 Å². The molecule has 3 heterocycles. The van der Waals surface area contributed by atoms with Gasteiger partial charge in [-0.05, 0) is 6.42 Å². The van der Waals surface area contributed by atoms with E-state index in [9.17, 15) is 4.79 Å². The Morgan fingerprint density at radius 1 is 1.56 bits per heavy atom. The molecule has 3 rings (SSSR count).